The molecule has 0 bridgehead atoms. The Hall–Kier alpha value is -0.570. The standard InChI is InChI=1S/C10H15NO.ClH/c1-11-7-8-12-9-10-5-3-2-4-6-10;/h2-6,11H,7-9H2,1H3;1H. The second-order valence-electron chi connectivity index (χ2n) is 2.64. The highest BCUT2D eigenvalue weighted by Crippen LogP contribution is 1.99. The highest BCUT2D eigenvalue weighted by molar-refractivity contribution is 5.85. The van der Waals surface area contributed by atoms with Gasteiger partial charge in [0.2, 0.25) is 0 Å². The normalized spacial score (nSPS) is 9.31. The molecule has 1 aromatic carbocycles. The van der Waals surface area contributed by atoms with Crippen molar-refractivity contribution in [3.8, 4) is 0 Å². The first-order valence-corrected chi connectivity index (χ1v) is 4.20. The molecule has 0 spiro atoms. The van der Waals surface area contributed by atoms with Gasteiger partial charge >= 0.3 is 0 Å². The van der Waals surface area contributed by atoms with Crippen LogP contribution in [0.15, 0.2) is 30.3 Å². The van der Waals surface area contributed by atoms with Crippen LogP contribution in [-0.2, 0) is 11.3 Å². The van der Waals surface area contributed by atoms with Gasteiger partial charge in [0.05, 0.1) is 13.2 Å². The van der Waals surface area contributed by atoms with E-state index < -0.39 is 0 Å². The van der Waals surface area contributed by atoms with Gasteiger partial charge in [-0.15, -0.1) is 12.4 Å². The van der Waals surface area contributed by atoms with Crippen molar-refractivity contribution in [3.63, 3.8) is 0 Å². The average molecular weight is 202 g/mol. The van der Waals surface area contributed by atoms with Gasteiger partial charge in [-0.2, -0.15) is 0 Å². The van der Waals surface area contributed by atoms with Crippen LogP contribution in [0.2, 0.25) is 0 Å². The topological polar surface area (TPSA) is 21.3 Å². The van der Waals surface area contributed by atoms with E-state index in [4.69, 9.17) is 4.74 Å². The van der Waals surface area contributed by atoms with Gasteiger partial charge in [-0.25, -0.2) is 0 Å². The molecule has 3 heteroatoms. The fourth-order valence-electron chi connectivity index (χ4n) is 0.938. The number of benzene rings is 1. The molecule has 0 unspecified atom stereocenters. The minimum absolute atomic E-state index is 0. The minimum Gasteiger partial charge on any atom is -0.375 e. The Morgan fingerprint density at radius 2 is 1.92 bits per heavy atom. The summed E-state index contributed by atoms with van der Waals surface area (Å²) >= 11 is 0. The lowest BCUT2D eigenvalue weighted by molar-refractivity contribution is 0.124. The maximum absolute atomic E-state index is 5.40. The zero-order chi connectivity index (χ0) is 8.65. The van der Waals surface area contributed by atoms with E-state index in [1.807, 2.05) is 25.2 Å². The van der Waals surface area contributed by atoms with Crippen LogP contribution < -0.4 is 5.32 Å². The van der Waals surface area contributed by atoms with Crippen LogP contribution in [0.3, 0.4) is 0 Å². The van der Waals surface area contributed by atoms with E-state index >= 15 is 0 Å². The Labute approximate surface area is 85.7 Å². The first kappa shape index (κ1) is 12.4. The molecule has 0 fully saturated rings. The van der Waals surface area contributed by atoms with Crippen molar-refractivity contribution in [1.82, 2.24) is 5.32 Å². The van der Waals surface area contributed by atoms with Gasteiger partial charge in [-0.1, -0.05) is 30.3 Å². The van der Waals surface area contributed by atoms with E-state index in [2.05, 4.69) is 17.4 Å². The third-order valence-electron chi connectivity index (χ3n) is 1.61. The van der Waals surface area contributed by atoms with Gasteiger partial charge in [-0.05, 0) is 12.6 Å². The van der Waals surface area contributed by atoms with Crippen molar-refractivity contribution in [2.75, 3.05) is 20.2 Å². The van der Waals surface area contributed by atoms with E-state index in [0.717, 1.165) is 13.2 Å². The number of hydrogen-bond donors (Lipinski definition) is 1. The van der Waals surface area contributed by atoms with Gasteiger partial charge in [-0.3, -0.25) is 0 Å². The summed E-state index contributed by atoms with van der Waals surface area (Å²) in [5, 5.41) is 3.03. The minimum atomic E-state index is 0. The molecule has 1 rings (SSSR count). The summed E-state index contributed by atoms with van der Waals surface area (Å²) in [6, 6.07) is 10.2. The molecule has 0 atom stereocenters. The van der Waals surface area contributed by atoms with Gasteiger partial charge in [0.25, 0.3) is 0 Å². The lowest BCUT2D eigenvalue weighted by Crippen LogP contribution is -2.13. The van der Waals surface area contributed by atoms with E-state index in [-0.39, 0.29) is 12.4 Å². The smallest absolute Gasteiger partial charge is 0.0717 e. The number of halogens is 1. The second kappa shape index (κ2) is 8.05. The molecule has 0 saturated heterocycles. The van der Waals surface area contributed by atoms with Crippen molar-refractivity contribution < 1.29 is 4.74 Å². The van der Waals surface area contributed by atoms with Crippen LogP contribution in [-0.4, -0.2) is 20.2 Å². The summed E-state index contributed by atoms with van der Waals surface area (Å²) in [6.07, 6.45) is 0. The van der Waals surface area contributed by atoms with E-state index in [0.29, 0.717) is 6.61 Å². The lowest BCUT2D eigenvalue weighted by atomic mass is 10.2. The summed E-state index contributed by atoms with van der Waals surface area (Å²) in [7, 11) is 1.92. The van der Waals surface area contributed by atoms with Crippen LogP contribution in [0.25, 0.3) is 0 Å². The Balaban J connectivity index is 0.00000144. The number of nitrogens with one attached hydrogen (secondary N) is 1. The van der Waals surface area contributed by atoms with Crippen LogP contribution in [0.1, 0.15) is 5.56 Å². The predicted molar refractivity (Wildman–Crippen MR) is 57.3 cm³/mol. The maximum Gasteiger partial charge on any atom is 0.0717 e. The lowest BCUT2D eigenvalue weighted by Gasteiger charge is -2.02. The summed E-state index contributed by atoms with van der Waals surface area (Å²) < 4.78 is 5.40. The molecule has 74 valence electrons. The van der Waals surface area contributed by atoms with Crippen LogP contribution in [0, 0.1) is 0 Å². The second-order valence-corrected chi connectivity index (χ2v) is 2.64. The van der Waals surface area contributed by atoms with Crippen molar-refractivity contribution in [3.05, 3.63) is 35.9 Å². The van der Waals surface area contributed by atoms with Crippen molar-refractivity contribution in [2.24, 2.45) is 0 Å². The number of ether oxygens (including phenoxy) is 1. The zero-order valence-electron chi connectivity index (χ0n) is 7.82. The molecule has 0 amide bonds. The van der Waals surface area contributed by atoms with E-state index in [9.17, 15) is 0 Å². The van der Waals surface area contributed by atoms with E-state index in [1.165, 1.54) is 5.56 Å². The summed E-state index contributed by atoms with van der Waals surface area (Å²) in [6.45, 7) is 2.39. The molecule has 0 saturated carbocycles. The van der Waals surface area contributed by atoms with E-state index in [1.54, 1.807) is 0 Å². The predicted octanol–water partition coefficient (Wildman–Crippen LogP) is 1.84. The molecule has 1 N–H and O–H groups in total. The summed E-state index contributed by atoms with van der Waals surface area (Å²) in [5.41, 5.74) is 1.23. The molecule has 0 heterocycles. The molecule has 0 radical (unpaired) electrons. The van der Waals surface area contributed by atoms with Crippen LogP contribution in [0.5, 0.6) is 0 Å². The summed E-state index contributed by atoms with van der Waals surface area (Å²) in [4.78, 5) is 0. The third-order valence-corrected chi connectivity index (χ3v) is 1.61. The molecule has 0 aliphatic heterocycles. The molecular weight excluding hydrogens is 186 g/mol. The first-order chi connectivity index (χ1) is 5.93. The Bertz CT molecular complexity index is 203. The maximum atomic E-state index is 5.40. The average Bonchev–Trinajstić information content (AvgIpc) is 2.14. The highest BCUT2D eigenvalue weighted by Gasteiger charge is 1.89. The Morgan fingerprint density at radius 1 is 1.23 bits per heavy atom. The molecular formula is C10H16ClNO. The molecule has 0 aliphatic rings. The molecule has 2 nitrogen and oxygen atoms in total. The Morgan fingerprint density at radius 3 is 2.54 bits per heavy atom. The van der Waals surface area contributed by atoms with Crippen molar-refractivity contribution in [1.29, 1.82) is 0 Å². The van der Waals surface area contributed by atoms with Crippen molar-refractivity contribution in [2.45, 2.75) is 6.61 Å². The van der Waals surface area contributed by atoms with Crippen LogP contribution >= 0.6 is 12.4 Å². The molecule has 1 aromatic rings. The van der Waals surface area contributed by atoms with Crippen molar-refractivity contribution >= 4 is 12.4 Å². The fourth-order valence-corrected chi connectivity index (χ4v) is 0.938. The Kier molecular flexibility index (Phi) is 7.69. The number of likely N-dealkylation sites (N-methyl/N-ethyl adjacent to an activating group) is 1. The zero-order valence-corrected chi connectivity index (χ0v) is 8.64. The summed E-state index contributed by atoms with van der Waals surface area (Å²) in [5.74, 6) is 0. The van der Waals surface area contributed by atoms with Gasteiger partial charge < -0.3 is 10.1 Å². The molecule has 13 heavy (non-hydrogen) atoms. The fraction of sp³-hybridized carbons (Fsp3) is 0.400. The molecule has 0 aliphatic carbocycles. The monoisotopic (exact) mass is 201 g/mol. The van der Waals surface area contributed by atoms with Gasteiger partial charge in [0, 0.05) is 6.54 Å². The first-order valence-electron chi connectivity index (χ1n) is 4.20. The quantitative estimate of drug-likeness (QED) is 0.735. The number of hydrogen-bond acceptors (Lipinski definition) is 2. The third kappa shape index (κ3) is 5.64. The molecule has 0 aromatic heterocycles. The van der Waals surface area contributed by atoms with Gasteiger partial charge in [0.1, 0.15) is 0 Å². The SMILES string of the molecule is CNCCOCc1ccccc1.Cl. The largest absolute Gasteiger partial charge is 0.375 e. The van der Waals surface area contributed by atoms with Gasteiger partial charge in [0.15, 0.2) is 0 Å². The number of rotatable bonds is 5. The highest BCUT2D eigenvalue weighted by atomic mass is 35.5. The van der Waals surface area contributed by atoms with Crippen LogP contribution in [0.4, 0.5) is 0 Å².